The van der Waals surface area contributed by atoms with Crippen molar-refractivity contribution in [2.24, 2.45) is 7.05 Å². The lowest BCUT2D eigenvalue weighted by molar-refractivity contribution is -0.118. The molecule has 0 unspecified atom stereocenters. The zero-order valence-corrected chi connectivity index (χ0v) is 11.4. The molecule has 2 aromatic rings. The van der Waals surface area contributed by atoms with Gasteiger partial charge in [0.1, 0.15) is 5.75 Å². The van der Waals surface area contributed by atoms with Crippen molar-refractivity contribution < 1.29 is 9.53 Å². The lowest BCUT2D eigenvalue weighted by atomic mass is 10.2. The smallest absolute Gasteiger partial charge is 0.262 e. The van der Waals surface area contributed by atoms with Crippen LogP contribution in [0.2, 0.25) is 5.02 Å². The first-order valence-electron chi connectivity index (χ1n) is 5.72. The van der Waals surface area contributed by atoms with Gasteiger partial charge in [0.2, 0.25) is 0 Å². The molecule has 0 aliphatic heterocycles. The van der Waals surface area contributed by atoms with E-state index in [4.69, 9.17) is 16.3 Å². The molecule has 1 aromatic heterocycles. The summed E-state index contributed by atoms with van der Waals surface area (Å²) in [5.41, 5.74) is 1.46. The van der Waals surface area contributed by atoms with E-state index in [1.165, 1.54) is 0 Å². The minimum absolute atomic E-state index is 0.0733. The molecule has 0 saturated carbocycles. The van der Waals surface area contributed by atoms with Crippen LogP contribution in [0.3, 0.4) is 0 Å². The summed E-state index contributed by atoms with van der Waals surface area (Å²) >= 11 is 5.97. The van der Waals surface area contributed by atoms with Crippen molar-refractivity contribution in [2.45, 2.75) is 6.92 Å². The zero-order valence-electron chi connectivity index (χ0n) is 10.7. The molecule has 0 bridgehead atoms. The number of anilines is 1. The van der Waals surface area contributed by atoms with E-state index in [0.29, 0.717) is 16.5 Å². The van der Waals surface area contributed by atoms with E-state index < -0.39 is 0 Å². The number of carbonyl (C=O) groups excluding carboxylic acids is 1. The molecule has 1 amide bonds. The summed E-state index contributed by atoms with van der Waals surface area (Å²) < 4.78 is 7.04. The highest BCUT2D eigenvalue weighted by Crippen LogP contribution is 2.24. The number of nitrogens with one attached hydrogen (secondary N) is 1. The number of hydrogen-bond acceptors (Lipinski definition) is 3. The Balaban J connectivity index is 1.91. The Morgan fingerprint density at radius 2 is 2.32 bits per heavy atom. The van der Waals surface area contributed by atoms with Crippen molar-refractivity contribution in [1.82, 2.24) is 9.78 Å². The van der Waals surface area contributed by atoms with Crippen LogP contribution in [0.4, 0.5) is 5.69 Å². The summed E-state index contributed by atoms with van der Waals surface area (Å²) in [5, 5.41) is 7.26. The van der Waals surface area contributed by atoms with Crippen molar-refractivity contribution in [3.05, 3.63) is 41.2 Å². The average Bonchev–Trinajstić information content (AvgIpc) is 2.76. The molecule has 0 aliphatic carbocycles. The van der Waals surface area contributed by atoms with Gasteiger partial charge in [-0.3, -0.25) is 9.48 Å². The van der Waals surface area contributed by atoms with Crippen LogP contribution < -0.4 is 10.1 Å². The second kappa shape index (κ2) is 5.75. The van der Waals surface area contributed by atoms with Gasteiger partial charge in [0.05, 0.1) is 11.9 Å². The summed E-state index contributed by atoms with van der Waals surface area (Å²) in [6.45, 7) is 1.77. The first-order valence-corrected chi connectivity index (χ1v) is 6.10. The van der Waals surface area contributed by atoms with Crippen molar-refractivity contribution in [3.8, 4) is 5.75 Å². The van der Waals surface area contributed by atoms with Crippen LogP contribution in [0.15, 0.2) is 30.6 Å². The highest BCUT2D eigenvalue weighted by atomic mass is 35.5. The van der Waals surface area contributed by atoms with Gasteiger partial charge in [0.15, 0.2) is 6.61 Å². The first kappa shape index (κ1) is 13.4. The molecule has 0 radical (unpaired) electrons. The third-order valence-corrected chi connectivity index (χ3v) is 2.97. The number of rotatable bonds is 4. The maximum Gasteiger partial charge on any atom is 0.262 e. The highest BCUT2D eigenvalue weighted by Gasteiger charge is 2.07. The van der Waals surface area contributed by atoms with E-state index in [9.17, 15) is 4.79 Å². The number of ether oxygens (including phenoxy) is 1. The molecule has 100 valence electrons. The average molecular weight is 280 g/mol. The quantitative estimate of drug-likeness (QED) is 0.935. The van der Waals surface area contributed by atoms with Crippen molar-refractivity contribution in [2.75, 3.05) is 11.9 Å². The molecule has 0 saturated heterocycles. The third kappa shape index (κ3) is 3.48. The second-order valence-electron chi connectivity index (χ2n) is 4.10. The molecule has 1 heterocycles. The fraction of sp³-hybridized carbons (Fsp3) is 0.231. The number of carbonyl (C=O) groups is 1. The van der Waals surface area contributed by atoms with Gasteiger partial charge >= 0.3 is 0 Å². The molecule has 2 rings (SSSR count). The van der Waals surface area contributed by atoms with Crippen LogP contribution in [0, 0.1) is 6.92 Å². The van der Waals surface area contributed by atoms with Gasteiger partial charge in [-0.05, 0) is 19.1 Å². The molecule has 0 fully saturated rings. The van der Waals surface area contributed by atoms with Crippen LogP contribution in [-0.2, 0) is 11.8 Å². The van der Waals surface area contributed by atoms with Crippen LogP contribution in [0.25, 0.3) is 0 Å². The van der Waals surface area contributed by atoms with Gasteiger partial charge in [-0.2, -0.15) is 5.10 Å². The van der Waals surface area contributed by atoms with Crippen LogP contribution in [0.1, 0.15) is 5.56 Å². The number of aromatic nitrogens is 2. The summed E-state index contributed by atoms with van der Waals surface area (Å²) in [5.74, 6) is 0.362. The molecule has 6 heteroatoms. The highest BCUT2D eigenvalue weighted by molar-refractivity contribution is 6.31. The second-order valence-corrected chi connectivity index (χ2v) is 4.51. The number of nitrogens with zero attached hydrogens (tertiary/aromatic N) is 2. The van der Waals surface area contributed by atoms with Crippen LogP contribution >= 0.6 is 11.6 Å². The van der Waals surface area contributed by atoms with Gasteiger partial charge in [-0.25, -0.2) is 0 Å². The topological polar surface area (TPSA) is 56.1 Å². The monoisotopic (exact) mass is 279 g/mol. The Morgan fingerprint density at radius 3 is 3.00 bits per heavy atom. The lowest BCUT2D eigenvalue weighted by Gasteiger charge is -2.09. The minimum atomic E-state index is -0.243. The van der Waals surface area contributed by atoms with Gasteiger partial charge in [-0.15, -0.1) is 0 Å². The zero-order chi connectivity index (χ0) is 13.8. The maximum atomic E-state index is 11.7. The summed E-state index contributed by atoms with van der Waals surface area (Å²) in [6.07, 6.45) is 3.28. The molecule has 1 N–H and O–H groups in total. The molecular weight excluding hydrogens is 266 g/mol. The Bertz CT molecular complexity index is 595. The normalized spacial score (nSPS) is 10.3. The summed E-state index contributed by atoms with van der Waals surface area (Å²) in [4.78, 5) is 11.7. The minimum Gasteiger partial charge on any atom is -0.483 e. The van der Waals surface area contributed by atoms with Crippen molar-refractivity contribution in [1.29, 1.82) is 0 Å². The molecule has 0 spiro atoms. The van der Waals surface area contributed by atoms with E-state index in [1.807, 2.05) is 6.92 Å². The number of aryl methyl sites for hydroxylation is 1. The van der Waals surface area contributed by atoms with Gasteiger partial charge in [-0.1, -0.05) is 17.7 Å². The van der Waals surface area contributed by atoms with Gasteiger partial charge < -0.3 is 10.1 Å². The van der Waals surface area contributed by atoms with Gasteiger partial charge in [0, 0.05) is 23.8 Å². The fourth-order valence-electron chi connectivity index (χ4n) is 1.57. The Kier molecular flexibility index (Phi) is 4.06. The first-order chi connectivity index (χ1) is 9.06. The number of halogens is 1. The van der Waals surface area contributed by atoms with Crippen molar-refractivity contribution >= 4 is 23.2 Å². The molecule has 1 aromatic carbocycles. The molecule has 19 heavy (non-hydrogen) atoms. The molecule has 0 aliphatic rings. The van der Waals surface area contributed by atoms with Gasteiger partial charge in [0.25, 0.3) is 5.91 Å². The number of amides is 1. The Morgan fingerprint density at radius 1 is 1.53 bits per heavy atom. The standard InChI is InChI=1S/C13H14ClN3O2/c1-9-11(14)4-3-5-12(9)19-8-13(18)16-10-6-15-17(2)7-10/h3-7H,8H2,1-2H3,(H,16,18). The maximum absolute atomic E-state index is 11.7. The van der Waals surface area contributed by atoms with Crippen molar-refractivity contribution in [3.63, 3.8) is 0 Å². The van der Waals surface area contributed by atoms with E-state index >= 15 is 0 Å². The Labute approximate surface area is 116 Å². The molecule has 5 nitrogen and oxygen atoms in total. The summed E-state index contributed by atoms with van der Waals surface area (Å²) in [6, 6.07) is 5.34. The lowest BCUT2D eigenvalue weighted by Crippen LogP contribution is -2.20. The number of hydrogen-bond donors (Lipinski definition) is 1. The Hall–Kier alpha value is -2.01. The predicted octanol–water partition coefficient (Wildman–Crippen LogP) is 2.40. The van der Waals surface area contributed by atoms with Crippen LogP contribution in [-0.4, -0.2) is 22.3 Å². The number of benzene rings is 1. The summed E-state index contributed by atoms with van der Waals surface area (Å²) in [7, 11) is 1.78. The molecular formula is C13H14ClN3O2. The third-order valence-electron chi connectivity index (χ3n) is 2.57. The largest absolute Gasteiger partial charge is 0.483 e. The SMILES string of the molecule is Cc1c(Cl)cccc1OCC(=O)Nc1cnn(C)c1. The van der Waals surface area contributed by atoms with E-state index in [2.05, 4.69) is 10.4 Å². The van der Waals surface area contributed by atoms with E-state index in [-0.39, 0.29) is 12.5 Å². The predicted molar refractivity (Wildman–Crippen MR) is 73.5 cm³/mol. The van der Waals surface area contributed by atoms with E-state index in [0.717, 1.165) is 5.56 Å². The molecule has 0 atom stereocenters. The fourth-order valence-corrected chi connectivity index (χ4v) is 1.74. The van der Waals surface area contributed by atoms with Crippen LogP contribution in [0.5, 0.6) is 5.75 Å². The van der Waals surface area contributed by atoms with E-state index in [1.54, 1.807) is 42.3 Å².